The van der Waals surface area contributed by atoms with Crippen LogP contribution in [-0.4, -0.2) is 47.3 Å². The van der Waals surface area contributed by atoms with Gasteiger partial charge in [-0.1, -0.05) is 35.9 Å². The Morgan fingerprint density at radius 2 is 1.90 bits per heavy atom. The summed E-state index contributed by atoms with van der Waals surface area (Å²) >= 11 is 6.95. The number of carbonyl (C=O) groups excluding carboxylic acids is 2. The number of imide groups is 1. The fourth-order valence-corrected chi connectivity index (χ4v) is 4.47. The summed E-state index contributed by atoms with van der Waals surface area (Å²) < 4.78 is 5.31. The van der Waals surface area contributed by atoms with Crippen LogP contribution in [0.3, 0.4) is 0 Å². The average molecular weight is 460 g/mol. The van der Waals surface area contributed by atoms with E-state index in [1.54, 1.807) is 36.4 Å². The summed E-state index contributed by atoms with van der Waals surface area (Å²) in [4.78, 5) is 39.6. The topological polar surface area (TPSA) is 93.0 Å². The second-order valence-electron chi connectivity index (χ2n) is 6.96. The van der Waals surface area contributed by atoms with Gasteiger partial charge in [0.2, 0.25) is 0 Å². The van der Waals surface area contributed by atoms with E-state index in [0.717, 1.165) is 16.7 Å². The van der Waals surface area contributed by atoms with Gasteiger partial charge >= 0.3 is 0 Å². The molecular formula is C21H18ClN3O5S. The van der Waals surface area contributed by atoms with Crippen LogP contribution < -0.4 is 4.90 Å². The van der Waals surface area contributed by atoms with Crippen LogP contribution in [0.4, 0.5) is 16.2 Å². The minimum Gasteiger partial charge on any atom is -0.378 e. The summed E-state index contributed by atoms with van der Waals surface area (Å²) in [6.07, 6.45) is 1.51. The highest BCUT2D eigenvalue weighted by Crippen LogP contribution is 2.36. The van der Waals surface area contributed by atoms with Gasteiger partial charge in [-0.05, 0) is 41.1 Å². The summed E-state index contributed by atoms with van der Waals surface area (Å²) in [5.74, 6) is -0.449. The molecule has 2 aromatic rings. The first-order valence-corrected chi connectivity index (χ1v) is 10.7. The molecule has 0 unspecified atom stereocenters. The van der Waals surface area contributed by atoms with Crippen molar-refractivity contribution in [2.75, 3.05) is 31.2 Å². The Balaban J connectivity index is 1.58. The predicted molar refractivity (Wildman–Crippen MR) is 119 cm³/mol. The van der Waals surface area contributed by atoms with Crippen LogP contribution in [-0.2, 0) is 16.1 Å². The van der Waals surface area contributed by atoms with Crippen molar-refractivity contribution < 1.29 is 19.2 Å². The van der Waals surface area contributed by atoms with Crippen LogP contribution in [0.15, 0.2) is 47.4 Å². The van der Waals surface area contributed by atoms with Gasteiger partial charge in [-0.3, -0.25) is 24.6 Å². The number of carbonyl (C=O) groups is 2. The summed E-state index contributed by atoms with van der Waals surface area (Å²) in [5, 5.41) is 11.7. The molecule has 0 spiro atoms. The first kappa shape index (κ1) is 21.4. The van der Waals surface area contributed by atoms with Gasteiger partial charge in [0.05, 0.1) is 29.6 Å². The van der Waals surface area contributed by atoms with Crippen LogP contribution >= 0.6 is 23.4 Å². The zero-order valence-electron chi connectivity index (χ0n) is 16.3. The molecule has 0 bridgehead atoms. The number of anilines is 1. The minimum atomic E-state index is -0.449. The molecule has 4 rings (SSSR count). The molecule has 0 saturated carbocycles. The molecule has 2 fully saturated rings. The number of nitrogens with zero attached hydrogens (tertiary/aromatic N) is 3. The number of thioether (sulfide) groups is 1. The van der Waals surface area contributed by atoms with Gasteiger partial charge in [0.25, 0.3) is 16.8 Å². The zero-order valence-corrected chi connectivity index (χ0v) is 17.9. The van der Waals surface area contributed by atoms with Crippen molar-refractivity contribution in [1.29, 1.82) is 0 Å². The van der Waals surface area contributed by atoms with Crippen molar-refractivity contribution in [3.63, 3.8) is 0 Å². The molecule has 2 heterocycles. The van der Waals surface area contributed by atoms with Gasteiger partial charge in [-0.2, -0.15) is 0 Å². The van der Waals surface area contributed by atoms with Crippen LogP contribution in [0.1, 0.15) is 11.1 Å². The number of morpholine rings is 1. The minimum absolute atomic E-state index is 0.0501. The molecule has 0 aromatic heterocycles. The summed E-state index contributed by atoms with van der Waals surface area (Å²) in [6, 6.07) is 11.8. The largest absolute Gasteiger partial charge is 0.378 e. The second-order valence-corrected chi connectivity index (χ2v) is 8.36. The molecule has 8 nitrogen and oxygen atoms in total. The lowest BCUT2D eigenvalue weighted by Gasteiger charge is -2.28. The number of amides is 2. The monoisotopic (exact) mass is 459 g/mol. The maximum absolute atomic E-state index is 12.8. The molecule has 10 heteroatoms. The fraction of sp³-hybridized carbons (Fsp3) is 0.238. The van der Waals surface area contributed by atoms with Crippen LogP contribution in [0.2, 0.25) is 5.02 Å². The quantitative estimate of drug-likeness (QED) is 0.373. The van der Waals surface area contributed by atoms with Crippen molar-refractivity contribution in [1.82, 2.24) is 4.90 Å². The number of ether oxygens (including phenoxy) is 1. The lowest BCUT2D eigenvalue weighted by Crippen LogP contribution is -2.36. The second kappa shape index (κ2) is 9.09. The summed E-state index contributed by atoms with van der Waals surface area (Å²) in [7, 11) is 0. The number of benzene rings is 2. The van der Waals surface area contributed by atoms with E-state index in [4.69, 9.17) is 16.3 Å². The molecule has 2 saturated heterocycles. The van der Waals surface area contributed by atoms with Gasteiger partial charge < -0.3 is 9.64 Å². The third kappa shape index (κ3) is 4.58. The zero-order chi connectivity index (χ0) is 22.0. The number of hydrogen-bond acceptors (Lipinski definition) is 7. The van der Waals surface area contributed by atoms with Crippen molar-refractivity contribution >= 4 is 52.0 Å². The van der Waals surface area contributed by atoms with Crippen molar-refractivity contribution in [2.24, 2.45) is 0 Å². The Bertz CT molecular complexity index is 1080. The van der Waals surface area contributed by atoms with E-state index in [-0.39, 0.29) is 17.1 Å². The molecule has 0 aliphatic carbocycles. The number of rotatable bonds is 5. The molecule has 2 amide bonds. The molecule has 2 aliphatic rings. The number of halogens is 1. The normalized spacial score (nSPS) is 18.2. The molecule has 0 N–H and O–H groups in total. The Hall–Kier alpha value is -2.88. The first-order chi connectivity index (χ1) is 14.9. The number of nitro benzene ring substituents is 1. The van der Waals surface area contributed by atoms with Gasteiger partial charge in [0.1, 0.15) is 5.69 Å². The molecule has 160 valence electrons. The molecule has 2 aliphatic heterocycles. The maximum atomic E-state index is 12.8. The highest BCUT2D eigenvalue weighted by atomic mass is 35.5. The molecule has 0 atom stereocenters. The SMILES string of the molecule is O=C1S/C(=C\c2ccc(N3CCOCC3)c([N+](=O)[O-])c2)C(=O)N1Cc1ccccc1Cl. The first-order valence-electron chi connectivity index (χ1n) is 9.54. The highest BCUT2D eigenvalue weighted by molar-refractivity contribution is 8.18. The van der Waals surface area contributed by atoms with Gasteiger partial charge in [0.15, 0.2) is 0 Å². The molecule has 31 heavy (non-hydrogen) atoms. The van der Waals surface area contributed by atoms with E-state index >= 15 is 0 Å². The number of hydrogen-bond donors (Lipinski definition) is 0. The standard InChI is InChI=1S/C21H18ClN3O5S/c22-16-4-2-1-3-15(16)13-24-20(26)19(31-21(24)27)12-14-5-6-17(18(11-14)25(28)29)23-7-9-30-10-8-23/h1-6,11-12H,7-10,13H2/b19-12-. The smallest absolute Gasteiger partial charge is 0.293 e. The van der Waals surface area contributed by atoms with E-state index < -0.39 is 16.1 Å². The Morgan fingerprint density at radius 3 is 2.61 bits per heavy atom. The van der Waals surface area contributed by atoms with E-state index in [0.29, 0.717) is 48.1 Å². The van der Waals surface area contributed by atoms with Crippen LogP contribution in [0.5, 0.6) is 0 Å². The predicted octanol–water partition coefficient (Wildman–Crippen LogP) is 4.32. The average Bonchev–Trinajstić information content (AvgIpc) is 3.03. The van der Waals surface area contributed by atoms with Crippen molar-refractivity contribution in [3.8, 4) is 0 Å². The van der Waals surface area contributed by atoms with Gasteiger partial charge in [-0.15, -0.1) is 0 Å². The Kier molecular flexibility index (Phi) is 6.26. The Morgan fingerprint density at radius 1 is 1.16 bits per heavy atom. The lowest BCUT2D eigenvalue weighted by molar-refractivity contribution is -0.384. The van der Waals surface area contributed by atoms with Gasteiger partial charge in [-0.25, -0.2) is 0 Å². The van der Waals surface area contributed by atoms with E-state index in [2.05, 4.69) is 0 Å². The van der Waals surface area contributed by atoms with E-state index in [1.807, 2.05) is 4.90 Å². The number of nitro groups is 1. The summed E-state index contributed by atoms with van der Waals surface area (Å²) in [6.45, 7) is 2.23. The Labute approximate surface area is 187 Å². The molecule has 2 aromatic carbocycles. The third-order valence-electron chi connectivity index (χ3n) is 5.01. The van der Waals surface area contributed by atoms with Crippen LogP contribution in [0.25, 0.3) is 6.08 Å². The van der Waals surface area contributed by atoms with Crippen LogP contribution in [0, 0.1) is 10.1 Å². The maximum Gasteiger partial charge on any atom is 0.293 e. The fourth-order valence-electron chi connectivity index (χ4n) is 3.43. The highest BCUT2D eigenvalue weighted by Gasteiger charge is 2.35. The molecular weight excluding hydrogens is 442 g/mol. The van der Waals surface area contributed by atoms with E-state index in [9.17, 15) is 19.7 Å². The van der Waals surface area contributed by atoms with Crippen molar-refractivity contribution in [3.05, 3.63) is 73.6 Å². The molecule has 0 radical (unpaired) electrons. The lowest BCUT2D eigenvalue weighted by atomic mass is 10.1. The van der Waals surface area contributed by atoms with Crippen molar-refractivity contribution in [2.45, 2.75) is 6.54 Å². The van der Waals surface area contributed by atoms with Gasteiger partial charge in [0, 0.05) is 24.2 Å². The van der Waals surface area contributed by atoms with E-state index in [1.165, 1.54) is 12.1 Å². The summed E-state index contributed by atoms with van der Waals surface area (Å²) in [5.41, 5.74) is 1.60. The third-order valence-corrected chi connectivity index (χ3v) is 6.28.